The summed E-state index contributed by atoms with van der Waals surface area (Å²) in [6.45, 7) is 5.45. The normalized spacial score (nSPS) is 11.3. The van der Waals surface area contributed by atoms with Crippen molar-refractivity contribution in [2.24, 2.45) is 0 Å². The van der Waals surface area contributed by atoms with E-state index in [1.165, 1.54) is 9.75 Å². The fraction of sp³-hybridized carbons (Fsp3) is 0.263. The highest BCUT2D eigenvalue weighted by Gasteiger charge is 2.16. The van der Waals surface area contributed by atoms with Crippen LogP contribution < -0.4 is 10.6 Å². The molecule has 0 aliphatic rings. The van der Waals surface area contributed by atoms with Gasteiger partial charge < -0.3 is 10.6 Å². The molecule has 6 nitrogen and oxygen atoms in total. The summed E-state index contributed by atoms with van der Waals surface area (Å²) < 4.78 is 0. The van der Waals surface area contributed by atoms with Crippen molar-refractivity contribution in [2.45, 2.75) is 52.4 Å². The number of carbonyl (C=O) groups is 2. The monoisotopic (exact) mass is 646 g/mol. The Hall–Kier alpha value is -4.40. The molecule has 0 unspecified atom stereocenters. The molecule has 8 heteroatoms. The minimum Gasteiger partial charge on any atom is -0.352 e. The maximum atomic E-state index is 13.2. The van der Waals surface area contributed by atoms with Gasteiger partial charge >= 0.3 is 0 Å². The molecule has 0 atom stereocenters. The summed E-state index contributed by atoms with van der Waals surface area (Å²) in [5.74, 6) is -0.105. The van der Waals surface area contributed by atoms with Crippen LogP contribution in [0.15, 0.2) is 84.9 Å². The second-order valence-corrected chi connectivity index (χ2v) is 14.2. The van der Waals surface area contributed by atoms with Crippen molar-refractivity contribution >= 4 is 56.3 Å². The number of unbranched alkanes of at least 4 members (excludes halogenated alkanes) is 5. The van der Waals surface area contributed by atoms with Crippen LogP contribution in [0.1, 0.15) is 69.0 Å². The van der Waals surface area contributed by atoms with Gasteiger partial charge in [0.25, 0.3) is 11.8 Å². The lowest BCUT2D eigenvalue weighted by atomic mass is 10.1. The van der Waals surface area contributed by atoms with Crippen LogP contribution in [0.2, 0.25) is 0 Å². The maximum absolute atomic E-state index is 13.2. The number of fused-ring (bicyclic) bond motifs is 2. The topological polar surface area (TPSA) is 84.0 Å². The average Bonchev–Trinajstić information content (AvgIpc) is 3.72. The average molecular weight is 647 g/mol. The molecule has 46 heavy (non-hydrogen) atoms. The van der Waals surface area contributed by atoms with E-state index < -0.39 is 0 Å². The summed E-state index contributed by atoms with van der Waals surface area (Å²) in [5.41, 5.74) is 4.69. The highest BCUT2D eigenvalue weighted by atomic mass is 32.1. The number of aryl methyl sites for hydroxylation is 2. The molecule has 0 saturated heterocycles. The van der Waals surface area contributed by atoms with E-state index in [0.717, 1.165) is 81.5 Å². The van der Waals surface area contributed by atoms with Gasteiger partial charge in [-0.15, -0.1) is 22.7 Å². The van der Waals surface area contributed by atoms with Crippen molar-refractivity contribution < 1.29 is 9.59 Å². The third kappa shape index (κ3) is 7.52. The number of hydrogen-bond acceptors (Lipinski definition) is 6. The van der Waals surface area contributed by atoms with E-state index in [9.17, 15) is 9.59 Å². The van der Waals surface area contributed by atoms with Crippen molar-refractivity contribution in [3.8, 4) is 21.1 Å². The maximum Gasteiger partial charge on any atom is 0.252 e. The van der Waals surface area contributed by atoms with Crippen LogP contribution in [0.3, 0.4) is 0 Å². The number of rotatable bonds is 13. The molecule has 0 spiro atoms. The summed E-state index contributed by atoms with van der Waals surface area (Å²) in [6, 6.07) is 27.8. The number of aromatic nitrogens is 2. The zero-order valence-corrected chi connectivity index (χ0v) is 27.9. The van der Waals surface area contributed by atoms with Crippen LogP contribution >= 0.6 is 22.7 Å². The molecule has 2 aromatic carbocycles. The molecule has 2 N–H and O–H groups in total. The fourth-order valence-electron chi connectivity index (χ4n) is 5.67. The summed E-state index contributed by atoms with van der Waals surface area (Å²) in [5, 5.41) is 8.00. The lowest BCUT2D eigenvalue weighted by Gasteiger charge is -2.10. The number of para-hydroxylation sites is 2. The van der Waals surface area contributed by atoms with Crippen LogP contribution in [0.5, 0.6) is 0 Å². The molecule has 234 valence electrons. The highest BCUT2D eigenvalue weighted by molar-refractivity contribution is 7.15. The lowest BCUT2D eigenvalue weighted by Crippen LogP contribution is -2.25. The molecule has 0 bridgehead atoms. The summed E-state index contributed by atoms with van der Waals surface area (Å²) >= 11 is 3.38. The molecule has 2 amide bonds. The first-order valence-electron chi connectivity index (χ1n) is 16.0. The van der Waals surface area contributed by atoms with Gasteiger partial charge in [0.15, 0.2) is 0 Å². The molecule has 6 rings (SSSR count). The van der Waals surface area contributed by atoms with E-state index in [1.807, 2.05) is 60.7 Å². The Kier molecular flexibility index (Phi) is 10.2. The van der Waals surface area contributed by atoms with Gasteiger partial charge in [0.05, 0.1) is 43.3 Å². The summed E-state index contributed by atoms with van der Waals surface area (Å²) in [6.07, 6.45) is 6.17. The first kappa shape index (κ1) is 31.6. The smallest absolute Gasteiger partial charge is 0.252 e. The van der Waals surface area contributed by atoms with Crippen LogP contribution in [-0.2, 0) is 0 Å². The third-order valence-corrected chi connectivity index (χ3v) is 10.1. The first-order chi connectivity index (χ1) is 22.5. The minimum atomic E-state index is -0.0523. The Bertz CT molecular complexity index is 1850. The van der Waals surface area contributed by atoms with E-state index in [0.29, 0.717) is 24.2 Å². The number of benzene rings is 2. The lowest BCUT2D eigenvalue weighted by molar-refractivity contribution is 0.0946. The molecular weight excluding hydrogens is 609 g/mol. The fourth-order valence-corrected chi connectivity index (χ4v) is 7.33. The molecule has 0 saturated carbocycles. The number of amides is 2. The van der Waals surface area contributed by atoms with Crippen molar-refractivity contribution in [3.63, 3.8) is 0 Å². The van der Waals surface area contributed by atoms with Crippen molar-refractivity contribution in [3.05, 3.63) is 106 Å². The molecule has 4 heterocycles. The van der Waals surface area contributed by atoms with Gasteiger partial charge in [-0.25, -0.2) is 9.97 Å². The van der Waals surface area contributed by atoms with E-state index in [-0.39, 0.29) is 11.8 Å². The van der Waals surface area contributed by atoms with Gasteiger partial charge in [-0.2, -0.15) is 0 Å². The van der Waals surface area contributed by atoms with Crippen LogP contribution in [0.4, 0.5) is 0 Å². The first-order valence-corrected chi connectivity index (χ1v) is 17.6. The zero-order valence-electron chi connectivity index (χ0n) is 26.3. The molecule has 0 aliphatic heterocycles. The second kappa shape index (κ2) is 14.8. The molecule has 0 fully saturated rings. The van der Waals surface area contributed by atoms with Crippen LogP contribution in [0, 0.1) is 13.8 Å². The van der Waals surface area contributed by atoms with Crippen molar-refractivity contribution in [1.82, 2.24) is 20.6 Å². The Morgan fingerprint density at radius 3 is 1.39 bits per heavy atom. The third-order valence-electron chi connectivity index (χ3n) is 8.08. The molecule has 4 aromatic heterocycles. The quantitative estimate of drug-likeness (QED) is 0.123. The second-order valence-electron chi connectivity index (χ2n) is 11.6. The highest BCUT2D eigenvalue weighted by Crippen LogP contribution is 2.31. The Labute approximate surface area is 277 Å². The van der Waals surface area contributed by atoms with Crippen molar-refractivity contribution in [2.75, 3.05) is 13.1 Å². The number of pyridine rings is 2. The Balaban J connectivity index is 0.929. The van der Waals surface area contributed by atoms with Crippen molar-refractivity contribution in [1.29, 1.82) is 0 Å². The van der Waals surface area contributed by atoms with Crippen LogP contribution in [-0.4, -0.2) is 34.9 Å². The van der Waals surface area contributed by atoms with E-state index in [1.54, 1.807) is 22.7 Å². The van der Waals surface area contributed by atoms with E-state index in [4.69, 9.17) is 9.97 Å². The largest absolute Gasteiger partial charge is 0.352 e. The number of carbonyl (C=O) groups excluding carboxylic acids is 2. The predicted molar refractivity (Wildman–Crippen MR) is 192 cm³/mol. The number of nitrogens with zero attached hydrogens (tertiary/aromatic N) is 2. The molecule has 0 aliphatic carbocycles. The molecule has 0 radical (unpaired) electrons. The van der Waals surface area contributed by atoms with Gasteiger partial charge in [-0.1, -0.05) is 62.1 Å². The van der Waals surface area contributed by atoms with Crippen LogP contribution in [0.25, 0.3) is 42.9 Å². The van der Waals surface area contributed by atoms with E-state index in [2.05, 4.69) is 48.7 Å². The number of hydrogen-bond donors (Lipinski definition) is 2. The molecular formula is C38H38N4O2S2. The van der Waals surface area contributed by atoms with Gasteiger partial charge in [-0.3, -0.25) is 9.59 Å². The standard InChI is InChI=1S/C38H38N4O2S2/c1-25-17-19-35(45-25)33-23-29(27-13-7-9-15-31(27)41-33)37(43)39-21-11-5-3-4-6-12-22-40-38(44)30-24-34(36-20-18-26(2)46-36)42-32-16-10-8-14-28(30)32/h7-10,13-20,23-24H,3-6,11-12,21-22H2,1-2H3,(H,39,43)(H,40,44). The minimum absolute atomic E-state index is 0.0523. The zero-order chi connectivity index (χ0) is 31.9. The predicted octanol–water partition coefficient (Wildman–Crippen LogP) is 9.36. The number of thiophene rings is 2. The van der Waals surface area contributed by atoms with Gasteiger partial charge in [0.1, 0.15) is 0 Å². The molecule has 6 aromatic rings. The summed E-state index contributed by atoms with van der Waals surface area (Å²) in [4.78, 5) is 40.6. The van der Waals surface area contributed by atoms with Gasteiger partial charge in [0, 0.05) is 33.6 Å². The Morgan fingerprint density at radius 1 is 0.565 bits per heavy atom. The van der Waals surface area contributed by atoms with Gasteiger partial charge in [-0.05, 0) is 75.2 Å². The summed E-state index contributed by atoms with van der Waals surface area (Å²) in [7, 11) is 0. The van der Waals surface area contributed by atoms with Gasteiger partial charge in [0.2, 0.25) is 0 Å². The number of nitrogens with one attached hydrogen (secondary N) is 2. The SMILES string of the molecule is Cc1ccc(-c2cc(C(=O)NCCCCCCCCNC(=O)c3cc(-c4ccc(C)s4)nc4ccccc34)c3ccccc3n2)s1. The Morgan fingerprint density at radius 2 is 0.978 bits per heavy atom. The van der Waals surface area contributed by atoms with E-state index >= 15 is 0 Å².